The van der Waals surface area contributed by atoms with E-state index in [2.05, 4.69) is 15.6 Å². The van der Waals surface area contributed by atoms with E-state index in [0.717, 1.165) is 0 Å². The molecule has 0 fully saturated rings. The number of rotatable bonds is 14. The van der Waals surface area contributed by atoms with Crippen LogP contribution in [0.2, 0.25) is 0 Å². The Morgan fingerprint density at radius 2 is 1.66 bits per heavy atom. The molecule has 3 amide bonds. The number of nitrogens with zero attached hydrogens (tertiary/aromatic N) is 1. The summed E-state index contributed by atoms with van der Waals surface area (Å²) in [5.74, 6) is -3.59. The Morgan fingerprint density at radius 3 is 2.14 bits per heavy atom. The molecule has 0 saturated heterocycles. The smallest absolute Gasteiger partial charge is 0.326 e. The minimum atomic E-state index is -1.19. The molecule has 0 aliphatic heterocycles. The molecule has 166 valence electrons. The first-order valence-electron chi connectivity index (χ1n) is 9.42. The summed E-state index contributed by atoms with van der Waals surface area (Å²) < 4.78 is 0. The summed E-state index contributed by atoms with van der Waals surface area (Å²) in [5, 5.41) is 14.2. The van der Waals surface area contributed by atoms with Crippen LogP contribution in [0.3, 0.4) is 0 Å². The highest BCUT2D eigenvalue weighted by Crippen LogP contribution is 2.09. The molecule has 0 aromatic rings. The van der Waals surface area contributed by atoms with Gasteiger partial charge in [0.1, 0.15) is 12.1 Å². The average molecular weight is 415 g/mol. The van der Waals surface area contributed by atoms with Crippen LogP contribution in [0.25, 0.3) is 0 Å². The standard InChI is InChI=1S/C17H33N7O5/c1-3-9(2)13(16(28)29)24-15(27)11(6-7-12(19)25)23-14(26)10(18)5-4-8-22-17(20)21/h9-11,13H,3-8,18H2,1-2H3,(H2,19,25)(H,23,26)(H,24,27)(H,28,29)(H4,20,21,22). The molecular formula is C17H33N7O5. The highest BCUT2D eigenvalue weighted by Gasteiger charge is 2.30. The number of hydrogen-bond donors (Lipinski definition) is 7. The van der Waals surface area contributed by atoms with Gasteiger partial charge in [0, 0.05) is 13.0 Å². The van der Waals surface area contributed by atoms with Crippen molar-refractivity contribution in [1.82, 2.24) is 10.6 Å². The van der Waals surface area contributed by atoms with E-state index in [1.54, 1.807) is 13.8 Å². The van der Waals surface area contributed by atoms with E-state index in [4.69, 9.17) is 22.9 Å². The first kappa shape index (κ1) is 26.1. The summed E-state index contributed by atoms with van der Waals surface area (Å²) in [6, 6.07) is -3.21. The van der Waals surface area contributed by atoms with Crippen molar-refractivity contribution in [2.45, 2.75) is 64.1 Å². The molecule has 0 radical (unpaired) electrons. The van der Waals surface area contributed by atoms with Gasteiger partial charge in [-0.15, -0.1) is 0 Å². The number of primary amides is 1. The Hall–Kier alpha value is -2.89. The van der Waals surface area contributed by atoms with Gasteiger partial charge in [-0.25, -0.2) is 4.79 Å². The second kappa shape index (κ2) is 13.3. The van der Waals surface area contributed by atoms with Crippen LogP contribution in [0.15, 0.2) is 4.99 Å². The highest BCUT2D eigenvalue weighted by atomic mass is 16.4. The first-order chi connectivity index (χ1) is 13.5. The zero-order chi connectivity index (χ0) is 22.6. The van der Waals surface area contributed by atoms with Gasteiger partial charge in [0.15, 0.2) is 5.96 Å². The van der Waals surface area contributed by atoms with Crippen molar-refractivity contribution < 1.29 is 24.3 Å². The predicted molar refractivity (Wildman–Crippen MR) is 107 cm³/mol. The summed E-state index contributed by atoms with van der Waals surface area (Å²) in [6.07, 6.45) is 0.979. The van der Waals surface area contributed by atoms with Gasteiger partial charge in [0.25, 0.3) is 0 Å². The number of carboxylic acid groups (broad SMARTS) is 1. The van der Waals surface area contributed by atoms with Gasteiger partial charge in [0.2, 0.25) is 17.7 Å². The fourth-order valence-electron chi connectivity index (χ4n) is 2.42. The number of carbonyl (C=O) groups excluding carboxylic acids is 3. The fourth-order valence-corrected chi connectivity index (χ4v) is 2.42. The maximum atomic E-state index is 12.6. The lowest BCUT2D eigenvalue weighted by atomic mass is 9.98. The van der Waals surface area contributed by atoms with Crippen molar-refractivity contribution in [1.29, 1.82) is 0 Å². The molecule has 11 N–H and O–H groups in total. The Morgan fingerprint density at radius 1 is 1.03 bits per heavy atom. The number of carbonyl (C=O) groups is 4. The van der Waals surface area contributed by atoms with Crippen LogP contribution in [0.5, 0.6) is 0 Å². The Bertz CT molecular complexity index is 607. The highest BCUT2D eigenvalue weighted by molar-refractivity contribution is 5.92. The molecule has 0 aliphatic rings. The van der Waals surface area contributed by atoms with Crippen LogP contribution >= 0.6 is 0 Å². The molecule has 0 aromatic heterocycles. The number of aliphatic carboxylic acids is 1. The summed E-state index contributed by atoms with van der Waals surface area (Å²) in [4.78, 5) is 51.2. The van der Waals surface area contributed by atoms with E-state index in [-0.39, 0.29) is 31.1 Å². The van der Waals surface area contributed by atoms with Gasteiger partial charge in [-0.3, -0.25) is 19.4 Å². The van der Waals surface area contributed by atoms with Crippen LogP contribution in [-0.4, -0.2) is 59.4 Å². The molecule has 29 heavy (non-hydrogen) atoms. The molecule has 4 atom stereocenters. The zero-order valence-electron chi connectivity index (χ0n) is 16.9. The predicted octanol–water partition coefficient (Wildman–Crippen LogP) is -2.27. The number of aliphatic imine (C=N–C) groups is 1. The van der Waals surface area contributed by atoms with Crippen molar-refractivity contribution in [2.24, 2.45) is 33.8 Å². The van der Waals surface area contributed by atoms with Crippen LogP contribution in [-0.2, 0) is 19.2 Å². The second-order valence-electron chi connectivity index (χ2n) is 6.83. The molecule has 0 spiro atoms. The maximum Gasteiger partial charge on any atom is 0.326 e. The quantitative estimate of drug-likeness (QED) is 0.0926. The first-order valence-corrected chi connectivity index (χ1v) is 9.42. The number of carboxylic acids is 1. The molecule has 12 nitrogen and oxygen atoms in total. The molecule has 0 aliphatic carbocycles. The molecule has 12 heteroatoms. The molecular weight excluding hydrogens is 382 g/mol. The SMILES string of the molecule is CCC(C)C(NC(=O)C(CCC(N)=O)NC(=O)C(N)CCCN=C(N)N)C(=O)O. The van der Waals surface area contributed by atoms with Crippen LogP contribution in [0, 0.1) is 5.92 Å². The number of guanidine groups is 1. The minimum absolute atomic E-state index is 0.0690. The van der Waals surface area contributed by atoms with Crippen molar-refractivity contribution in [3.63, 3.8) is 0 Å². The molecule has 0 saturated carbocycles. The summed E-state index contributed by atoms with van der Waals surface area (Å²) >= 11 is 0. The van der Waals surface area contributed by atoms with Crippen molar-refractivity contribution in [3.8, 4) is 0 Å². The third kappa shape index (κ3) is 10.9. The number of amides is 3. The molecule has 0 heterocycles. The van der Waals surface area contributed by atoms with E-state index in [9.17, 15) is 24.3 Å². The maximum absolute atomic E-state index is 12.6. The number of hydrogen-bond acceptors (Lipinski definition) is 6. The lowest BCUT2D eigenvalue weighted by molar-refractivity contribution is -0.144. The van der Waals surface area contributed by atoms with Crippen molar-refractivity contribution >= 4 is 29.7 Å². The van der Waals surface area contributed by atoms with Gasteiger partial charge < -0.3 is 38.7 Å². The summed E-state index contributed by atoms with van der Waals surface area (Å²) in [7, 11) is 0. The van der Waals surface area contributed by atoms with Gasteiger partial charge >= 0.3 is 5.97 Å². The van der Waals surface area contributed by atoms with E-state index in [1.165, 1.54) is 0 Å². The van der Waals surface area contributed by atoms with Gasteiger partial charge in [-0.1, -0.05) is 20.3 Å². The van der Waals surface area contributed by atoms with Crippen LogP contribution < -0.4 is 33.6 Å². The Balaban J connectivity index is 5.03. The lowest BCUT2D eigenvalue weighted by Crippen LogP contribution is -2.55. The van der Waals surface area contributed by atoms with Crippen molar-refractivity contribution in [2.75, 3.05) is 6.54 Å². The third-order valence-corrected chi connectivity index (χ3v) is 4.39. The summed E-state index contributed by atoms with van der Waals surface area (Å²) in [6.45, 7) is 3.77. The topological polar surface area (TPSA) is 229 Å². The monoisotopic (exact) mass is 415 g/mol. The zero-order valence-corrected chi connectivity index (χ0v) is 16.9. The lowest BCUT2D eigenvalue weighted by Gasteiger charge is -2.25. The normalized spacial score (nSPS) is 14.7. The molecule has 0 rings (SSSR count). The Kier molecular flexibility index (Phi) is 12.0. The van der Waals surface area contributed by atoms with Gasteiger partial charge in [-0.05, 0) is 25.2 Å². The van der Waals surface area contributed by atoms with Crippen LogP contribution in [0.4, 0.5) is 0 Å². The van der Waals surface area contributed by atoms with Gasteiger partial charge in [-0.2, -0.15) is 0 Å². The second-order valence-corrected chi connectivity index (χ2v) is 6.83. The van der Waals surface area contributed by atoms with Gasteiger partial charge in [0.05, 0.1) is 6.04 Å². The largest absolute Gasteiger partial charge is 0.480 e. The molecule has 0 aromatic carbocycles. The third-order valence-electron chi connectivity index (χ3n) is 4.39. The average Bonchev–Trinajstić information content (AvgIpc) is 2.64. The number of nitrogens with one attached hydrogen (secondary N) is 2. The Labute approximate surface area is 169 Å². The van der Waals surface area contributed by atoms with Crippen LogP contribution in [0.1, 0.15) is 46.0 Å². The fraction of sp³-hybridized carbons (Fsp3) is 0.706. The van der Waals surface area contributed by atoms with Crippen molar-refractivity contribution in [3.05, 3.63) is 0 Å². The van der Waals surface area contributed by atoms with E-state index in [1.807, 2.05) is 0 Å². The van der Waals surface area contributed by atoms with E-state index < -0.39 is 41.8 Å². The van der Waals surface area contributed by atoms with E-state index in [0.29, 0.717) is 19.4 Å². The van der Waals surface area contributed by atoms with E-state index >= 15 is 0 Å². The molecule has 4 unspecified atom stereocenters. The minimum Gasteiger partial charge on any atom is -0.480 e. The summed E-state index contributed by atoms with van der Waals surface area (Å²) in [5.41, 5.74) is 21.4. The molecule has 0 bridgehead atoms. The number of nitrogens with two attached hydrogens (primary N) is 4.